The summed E-state index contributed by atoms with van der Waals surface area (Å²) in [5.74, 6) is 0. The molecule has 0 aromatic heterocycles. The quantitative estimate of drug-likeness (QED) is 0.801. The Balaban J connectivity index is 2.46. The van der Waals surface area contributed by atoms with Crippen molar-refractivity contribution >= 4 is 6.29 Å². The second-order valence-corrected chi connectivity index (χ2v) is 4.11. The van der Waals surface area contributed by atoms with Gasteiger partial charge in [0.25, 0.3) is 0 Å². The molecule has 2 rings (SSSR count). The molecule has 0 fully saturated rings. The van der Waals surface area contributed by atoms with E-state index in [0.29, 0.717) is 17.4 Å². The summed E-state index contributed by atoms with van der Waals surface area (Å²) < 4.78 is 0. The van der Waals surface area contributed by atoms with Crippen molar-refractivity contribution in [3.8, 4) is 0 Å². The van der Waals surface area contributed by atoms with Crippen LogP contribution in [0, 0.1) is 0 Å². The molecule has 0 saturated carbocycles. The van der Waals surface area contributed by atoms with Gasteiger partial charge in [0.2, 0.25) is 0 Å². The maximum absolute atomic E-state index is 11.3. The van der Waals surface area contributed by atoms with Gasteiger partial charge in [0, 0.05) is 0 Å². The van der Waals surface area contributed by atoms with E-state index in [1.165, 1.54) is 0 Å². The van der Waals surface area contributed by atoms with Crippen molar-refractivity contribution in [1.29, 1.82) is 0 Å². The van der Waals surface area contributed by atoms with Crippen molar-refractivity contribution in [3.05, 3.63) is 71.3 Å². The number of rotatable bonds is 4. The van der Waals surface area contributed by atoms with Crippen LogP contribution in [-0.4, -0.2) is 16.5 Å². The monoisotopic (exact) mass is 242 g/mol. The minimum Gasteiger partial charge on any atom is -0.392 e. The lowest BCUT2D eigenvalue weighted by Crippen LogP contribution is -2.28. The molecule has 0 aliphatic rings. The summed E-state index contributed by atoms with van der Waals surface area (Å²) in [4.78, 5) is 11.3. The number of aliphatic hydroxyl groups excluding tert-OH is 1. The first kappa shape index (κ1) is 12.5. The lowest BCUT2D eigenvalue weighted by Gasteiger charge is -2.23. The molecule has 0 radical (unpaired) electrons. The van der Waals surface area contributed by atoms with E-state index < -0.39 is 5.60 Å². The molecular weight excluding hydrogens is 228 g/mol. The van der Waals surface area contributed by atoms with Crippen molar-refractivity contribution in [1.82, 2.24) is 0 Å². The van der Waals surface area contributed by atoms with Crippen LogP contribution in [0.4, 0.5) is 0 Å². The zero-order chi connectivity index (χ0) is 13.0. The highest BCUT2D eigenvalue weighted by Gasteiger charge is 2.30. The van der Waals surface area contributed by atoms with E-state index in [9.17, 15) is 9.90 Å². The number of carbonyl (C=O) groups is 1. The number of aldehydes is 1. The highest BCUT2D eigenvalue weighted by molar-refractivity contribution is 5.72. The fourth-order valence-electron chi connectivity index (χ4n) is 1.86. The Kier molecular flexibility index (Phi) is 3.55. The minimum absolute atomic E-state index is 0.0644. The van der Waals surface area contributed by atoms with E-state index in [4.69, 9.17) is 5.11 Å². The zero-order valence-corrected chi connectivity index (χ0v) is 9.78. The van der Waals surface area contributed by atoms with E-state index in [2.05, 4.69) is 0 Å². The molecule has 0 amide bonds. The molecule has 2 N–H and O–H groups in total. The molecule has 18 heavy (non-hydrogen) atoms. The van der Waals surface area contributed by atoms with Crippen molar-refractivity contribution in [2.45, 2.75) is 12.2 Å². The topological polar surface area (TPSA) is 57.5 Å². The number of hydrogen-bond acceptors (Lipinski definition) is 3. The molecule has 0 spiro atoms. The van der Waals surface area contributed by atoms with E-state index in [1.807, 2.05) is 6.07 Å². The van der Waals surface area contributed by atoms with Gasteiger partial charge in [-0.1, -0.05) is 54.6 Å². The fourth-order valence-corrected chi connectivity index (χ4v) is 1.86. The highest BCUT2D eigenvalue weighted by Crippen LogP contribution is 2.27. The smallest absolute Gasteiger partial charge is 0.170 e. The number of aliphatic hydroxyl groups is 2. The number of carbonyl (C=O) groups excluding carboxylic acids is 1. The molecule has 0 heterocycles. The number of hydrogen-bond donors (Lipinski definition) is 2. The van der Waals surface area contributed by atoms with Crippen LogP contribution in [0.5, 0.6) is 0 Å². The van der Waals surface area contributed by atoms with Crippen LogP contribution < -0.4 is 0 Å². The van der Waals surface area contributed by atoms with Crippen LogP contribution in [0.1, 0.15) is 16.7 Å². The third-order valence-corrected chi connectivity index (χ3v) is 2.96. The second kappa shape index (κ2) is 5.12. The van der Waals surface area contributed by atoms with Crippen molar-refractivity contribution in [2.24, 2.45) is 0 Å². The average molecular weight is 242 g/mol. The first-order valence-electron chi connectivity index (χ1n) is 5.65. The summed E-state index contributed by atoms with van der Waals surface area (Å²) in [7, 11) is 0. The molecule has 2 aromatic carbocycles. The van der Waals surface area contributed by atoms with Gasteiger partial charge in [-0.3, -0.25) is 4.79 Å². The van der Waals surface area contributed by atoms with E-state index in [-0.39, 0.29) is 6.61 Å². The molecule has 1 atom stereocenters. The summed E-state index contributed by atoms with van der Waals surface area (Å²) >= 11 is 0. The lowest BCUT2D eigenvalue weighted by molar-refractivity contribution is -0.121. The third kappa shape index (κ3) is 2.18. The molecule has 2 aromatic rings. The SMILES string of the molecule is O=CC(O)(c1ccccc1)c1ccc(CO)cc1. The first-order chi connectivity index (χ1) is 8.70. The summed E-state index contributed by atoms with van der Waals surface area (Å²) in [5, 5.41) is 19.5. The van der Waals surface area contributed by atoms with Gasteiger partial charge in [-0.2, -0.15) is 0 Å². The predicted molar refractivity (Wildman–Crippen MR) is 67.9 cm³/mol. The summed E-state index contributed by atoms with van der Waals surface area (Å²) in [5.41, 5.74) is 0.104. The van der Waals surface area contributed by atoms with Crippen molar-refractivity contribution in [3.63, 3.8) is 0 Å². The molecule has 0 saturated heterocycles. The Hall–Kier alpha value is -1.97. The maximum atomic E-state index is 11.3. The van der Waals surface area contributed by atoms with E-state index in [0.717, 1.165) is 5.56 Å². The van der Waals surface area contributed by atoms with Gasteiger partial charge in [-0.05, 0) is 16.7 Å². The van der Waals surface area contributed by atoms with Gasteiger partial charge in [0.1, 0.15) is 0 Å². The third-order valence-electron chi connectivity index (χ3n) is 2.96. The Morgan fingerprint density at radius 3 is 2.00 bits per heavy atom. The van der Waals surface area contributed by atoms with Gasteiger partial charge in [0.15, 0.2) is 11.9 Å². The first-order valence-corrected chi connectivity index (χ1v) is 5.65. The second-order valence-electron chi connectivity index (χ2n) is 4.11. The van der Waals surface area contributed by atoms with Gasteiger partial charge in [0.05, 0.1) is 6.61 Å². The van der Waals surface area contributed by atoms with Gasteiger partial charge in [-0.25, -0.2) is 0 Å². The zero-order valence-electron chi connectivity index (χ0n) is 9.78. The highest BCUT2D eigenvalue weighted by atomic mass is 16.3. The summed E-state index contributed by atoms with van der Waals surface area (Å²) in [6.07, 6.45) is 0.524. The normalized spacial score (nSPS) is 13.9. The van der Waals surface area contributed by atoms with Crippen LogP contribution >= 0.6 is 0 Å². The molecule has 92 valence electrons. The van der Waals surface area contributed by atoms with Crippen LogP contribution in [0.2, 0.25) is 0 Å². The summed E-state index contributed by atoms with van der Waals surface area (Å²) in [6, 6.07) is 15.4. The van der Waals surface area contributed by atoms with Crippen molar-refractivity contribution in [2.75, 3.05) is 0 Å². The number of benzene rings is 2. The van der Waals surface area contributed by atoms with E-state index >= 15 is 0 Å². The van der Waals surface area contributed by atoms with Crippen LogP contribution in [-0.2, 0) is 17.0 Å². The van der Waals surface area contributed by atoms with Crippen molar-refractivity contribution < 1.29 is 15.0 Å². The van der Waals surface area contributed by atoms with Gasteiger partial charge >= 0.3 is 0 Å². The molecule has 3 heteroatoms. The standard InChI is InChI=1S/C15H14O3/c16-10-12-6-8-14(9-7-12)15(18,11-17)13-4-2-1-3-5-13/h1-9,11,16,18H,10H2. The predicted octanol–water partition coefficient (Wildman–Crippen LogP) is 1.61. The molecular formula is C15H14O3. The van der Waals surface area contributed by atoms with Crippen LogP contribution in [0.25, 0.3) is 0 Å². The Labute approximate surface area is 105 Å². The summed E-state index contributed by atoms with van der Waals surface area (Å²) in [6.45, 7) is -0.0644. The Morgan fingerprint density at radius 1 is 0.944 bits per heavy atom. The average Bonchev–Trinajstić information content (AvgIpc) is 2.47. The molecule has 0 aliphatic carbocycles. The lowest BCUT2D eigenvalue weighted by atomic mass is 9.87. The van der Waals surface area contributed by atoms with Gasteiger partial charge < -0.3 is 10.2 Å². The van der Waals surface area contributed by atoms with E-state index in [1.54, 1.807) is 48.5 Å². The van der Waals surface area contributed by atoms with Crippen LogP contribution in [0.15, 0.2) is 54.6 Å². The fraction of sp³-hybridized carbons (Fsp3) is 0.133. The molecule has 0 bridgehead atoms. The maximum Gasteiger partial charge on any atom is 0.170 e. The molecule has 0 aliphatic heterocycles. The molecule has 3 nitrogen and oxygen atoms in total. The Bertz CT molecular complexity index is 519. The largest absolute Gasteiger partial charge is 0.392 e. The van der Waals surface area contributed by atoms with Gasteiger partial charge in [-0.15, -0.1) is 0 Å². The minimum atomic E-state index is -1.64. The Morgan fingerprint density at radius 2 is 1.50 bits per heavy atom. The molecule has 1 unspecified atom stereocenters. The van der Waals surface area contributed by atoms with Crippen LogP contribution in [0.3, 0.4) is 0 Å².